The molecule has 1 N–H and O–H groups in total. The van der Waals surface area contributed by atoms with E-state index in [4.69, 9.17) is 9.84 Å². The highest BCUT2D eigenvalue weighted by atomic mass is 79.9. The molecular formula is C16H19BrO3. The third-order valence-electron chi connectivity index (χ3n) is 4.14. The van der Waals surface area contributed by atoms with Gasteiger partial charge in [0.2, 0.25) is 0 Å². The van der Waals surface area contributed by atoms with Gasteiger partial charge in [-0.15, -0.1) is 0 Å². The number of aliphatic carboxylic acids is 1. The summed E-state index contributed by atoms with van der Waals surface area (Å²) in [5.41, 5.74) is 1.11. The van der Waals surface area contributed by atoms with Crippen molar-refractivity contribution in [3.8, 4) is 5.75 Å². The van der Waals surface area contributed by atoms with Crippen molar-refractivity contribution >= 4 is 21.9 Å². The Labute approximate surface area is 127 Å². The Morgan fingerprint density at radius 1 is 1.35 bits per heavy atom. The van der Waals surface area contributed by atoms with Crippen LogP contribution in [0.1, 0.15) is 43.6 Å². The van der Waals surface area contributed by atoms with E-state index in [9.17, 15) is 4.79 Å². The predicted octanol–water partition coefficient (Wildman–Crippen LogP) is 4.21. The van der Waals surface area contributed by atoms with Gasteiger partial charge in [-0.1, -0.05) is 6.07 Å². The topological polar surface area (TPSA) is 46.5 Å². The van der Waals surface area contributed by atoms with Gasteiger partial charge in [-0.05, 0) is 77.1 Å². The summed E-state index contributed by atoms with van der Waals surface area (Å²) in [7, 11) is 0. The first-order chi connectivity index (χ1) is 9.63. The lowest BCUT2D eigenvalue weighted by Crippen LogP contribution is -2.08. The molecule has 0 radical (unpaired) electrons. The molecule has 3 nitrogen and oxygen atoms in total. The fraction of sp³-hybridized carbons (Fsp3) is 0.562. The second-order valence-corrected chi connectivity index (χ2v) is 6.84. The summed E-state index contributed by atoms with van der Waals surface area (Å²) in [5, 5.41) is 9.06. The van der Waals surface area contributed by atoms with Crippen LogP contribution in [0.5, 0.6) is 5.75 Å². The largest absolute Gasteiger partial charge is 0.492 e. The number of carboxylic acids is 1. The molecule has 0 amide bonds. The van der Waals surface area contributed by atoms with E-state index in [0.29, 0.717) is 5.92 Å². The van der Waals surface area contributed by atoms with Crippen LogP contribution in [0.15, 0.2) is 22.7 Å². The van der Waals surface area contributed by atoms with Gasteiger partial charge in [0.25, 0.3) is 0 Å². The Hall–Kier alpha value is -1.03. The Morgan fingerprint density at radius 2 is 2.10 bits per heavy atom. The number of carbonyl (C=O) groups is 1. The maximum absolute atomic E-state index is 11.0. The monoisotopic (exact) mass is 338 g/mol. The van der Waals surface area contributed by atoms with E-state index in [1.54, 1.807) is 0 Å². The molecule has 0 bridgehead atoms. The Bertz CT molecular complexity index is 506. The predicted molar refractivity (Wildman–Crippen MR) is 80.1 cm³/mol. The zero-order valence-corrected chi connectivity index (χ0v) is 12.9. The third kappa shape index (κ3) is 3.54. The molecule has 20 heavy (non-hydrogen) atoms. The van der Waals surface area contributed by atoms with Crippen molar-refractivity contribution in [3.63, 3.8) is 0 Å². The van der Waals surface area contributed by atoms with E-state index in [1.165, 1.54) is 12.8 Å². The van der Waals surface area contributed by atoms with Crippen LogP contribution in [0.25, 0.3) is 0 Å². The van der Waals surface area contributed by atoms with Gasteiger partial charge in [0.15, 0.2) is 0 Å². The maximum atomic E-state index is 11.0. The lowest BCUT2D eigenvalue weighted by atomic mass is 9.91. The fourth-order valence-electron chi connectivity index (χ4n) is 2.60. The molecule has 0 spiro atoms. The molecule has 1 aromatic rings. The van der Waals surface area contributed by atoms with Crippen LogP contribution in [-0.4, -0.2) is 17.7 Å². The summed E-state index contributed by atoms with van der Waals surface area (Å²) in [6.07, 6.45) is 5.07. The molecule has 2 aliphatic rings. The third-order valence-corrected chi connectivity index (χ3v) is 4.76. The van der Waals surface area contributed by atoms with Crippen molar-refractivity contribution < 1.29 is 14.6 Å². The second-order valence-electron chi connectivity index (χ2n) is 5.99. The number of benzene rings is 1. The minimum absolute atomic E-state index is 0.140. The second kappa shape index (κ2) is 5.76. The van der Waals surface area contributed by atoms with Gasteiger partial charge in [-0.3, -0.25) is 4.79 Å². The molecule has 0 saturated heterocycles. The van der Waals surface area contributed by atoms with Gasteiger partial charge in [0.05, 0.1) is 17.5 Å². The number of carboxylic acid groups (broad SMARTS) is 1. The number of hydrogen-bond acceptors (Lipinski definition) is 2. The summed E-state index contributed by atoms with van der Waals surface area (Å²) in [5.74, 6) is 1.56. The van der Waals surface area contributed by atoms with Crippen molar-refractivity contribution in [1.82, 2.24) is 0 Å². The van der Waals surface area contributed by atoms with Gasteiger partial charge < -0.3 is 9.84 Å². The van der Waals surface area contributed by atoms with Crippen LogP contribution in [0, 0.1) is 11.8 Å². The van der Waals surface area contributed by atoms with E-state index in [1.807, 2.05) is 18.2 Å². The number of rotatable bonds is 7. The lowest BCUT2D eigenvalue weighted by molar-refractivity contribution is -0.137. The normalized spacial score (nSPS) is 19.6. The van der Waals surface area contributed by atoms with E-state index < -0.39 is 5.97 Å². The van der Waals surface area contributed by atoms with Gasteiger partial charge >= 0.3 is 5.97 Å². The number of halogens is 1. The van der Waals surface area contributed by atoms with Crippen molar-refractivity contribution in [3.05, 3.63) is 28.2 Å². The molecular weight excluding hydrogens is 320 g/mol. The maximum Gasteiger partial charge on any atom is 0.303 e. The SMILES string of the molecule is O=C(O)CC(c1ccc(OCC2CC2)c(Br)c1)C1CC1. The quantitative estimate of drug-likeness (QED) is 0.810. The first-order valence-corrected chi connectivity index (χ1v) is 8.07. The van der Waals surface area contributed by atoms with E-state index in [2.05, 4.69) is 15.9 Å². The number of hydrogen-bond donors (Lipinski definition) is 1. The minimum atomic E-state index is -0.716. The summed E-state index contributed by atoms with van der Waals surface area (Å²) in [6.45, 7) is 0.791. The smallest absolute Gasteiger partial charge is 0.303 e. The molecule has 2 aliphatic carbocycles. The zero-order valence-electron chi connectivity index (χ0n) is 11.3. The van der Waals surface area contributed by atoms with Crippen molar-refractivity contribution in [2.45, 2.75) is 38.0 Å². The minimum Gasteiger partial charge on any atom is -0.492 e. The molecule has 1 unspecified atom stereocenters. The van der Waals surface area contributed by atoms with E-state index in [-0.39, 0.29) is 12.3 Å². The summed E-state index contributed by atoms with van der Waals surface area (Å²) in [6, 6.07) is 6.03. The summed E-state index contributed by atoms with van der Waals surface area (Å²) in [4.78, 5) is 11.0. The average Bonchev–Trinajstić information content (AvgIpc) is 3.27. The molecule has 0 heterocycles. The summed E-state index contributed by atoms with van der Waals surface area (Å²) >= 11 is 3.55. The Kier molecular flexibility index (Phi) is 4.01. The fourth-order valence-corrected chi connectivity index (χ4v) is 3.11. The zero-order chi connectivity index (χ0) is 14.1. The Balaban J connectivity index is 1.71. The highest BCUT2D eigenvalue weighted by Gasteiger charge is 2.34. The molecule has 0 aromatic heterocycles. The highest BCUT2D eigenvalue weighted by Crippen LogP contribution is 2.45. The average molecular weight is 339 g/mol. The molecule has 1 aromatic carbocycles. The molecule has 0 aliphatic heterocycles. The van der Waals surface area contributed by atoms with Gasteiger partial charge in [-0.25, -0.2) is 0 Å². The molecule has 4 heteroatoms. The van der Waals surface area contributed by atoms with Crippen LogP contribution in [0.2, 0.25) is 0 Å². The van der Waals surface area contributed by atoms with E-state index >= 15 is 0 Å². The van der Waals surface area contributed by atoms with Gasteiger partial charge in [0.1, 0.15) is 5.75 Å². The molecule has 2 saturated carbocycles. The van der Waals surface area contributed by atoms with Crippen LogP contribution in [-0.2, 0) is 4.79 Å². The van der Waals surface area contributed by atoms with Crippen molar-refractivity contribution in [2.75, 3.05) is 6.61 Å². The van der Waals surface area contributed by atoms with Crippen molar-refractivity contribution in [2.24, 2.45) is 11.8 Å². The first kappa shape index (κ1) is 13.9. The first-order valence-electron chi connectivity index (χ1n) is 7.27. The lowest BCUT2D eigenvalue weighted by Gasteiger charge is -2.16. The van der Waals surface area contributed by atoms with Crippen LogP contribution < -0.4 is 4.74 Å². The van der Waals surface area contributed by atoms with E-state index in [0.717, 1.165) is 41.2 Å². The molecule has 108 valence electrons. The molecule has 2 fully saturated rings. The Morgan fingerprint density at radius 3 is 2.65 bits per heavy atom. The van der Waals surface area contributed by atoms with Gasteiger partial charge in [0, 0.05) is 0 Å². The highest BCUT2D eigenvalue weighted by molar-refractivity contribution is 9.10. The van der Waals surface area contributed by atoms with Crippen LogP contribution >= 0.6 is 15.9 Å². The molecule has 1 atom stereocenters. The molecule has 3 rings (SSSR count). The van der Waals surface area contributed by atoms with Gasteiger partial charge in [-0.2, -0.15) is 0 Å². The van der Waals surface area contributed by atoms with Crippen LogP contribution in [0.3, 0.4) is 0 Å². The summed E-state index contributed by atoms with van der Waals surface area (Å²) < 4.78 is 6.73. The van der Waals surface area contributed by atoms with Crippen molar-refractivity contribution in [1.29, 1.82) is 0 Å². The van der Waals surface area contributed by atoms with Crippen LogP contribution in [0.4, 0.5) is 0 Å². The standard InChI is InChI=1S/C16H19BrO3/c17-14-7-12(13(8-16(18)19)11-3-4-11)5-6-15(14)20-9-10-1-2-10/h5-7,10-11,13H,1-4,8-9H2,(H,18,19). The number of ether oxygens (including phenoxy) is 1.